The van der Waals surface area contributed by atoms with Crippen LogP contribution in [0.4, 0.5) is 10.5 Å². The molecule has 19 heavy (non-hydrogen) atoms. The van der Waals surface area contributed by atoms with Crippen molar-refractivity contribution in [2.45, 2.75) is 13.5 Å². The second-order valence-electron chi connectivity index (χ2n) is 3.82. The van der Waals surface area contributed by atoms with Crippen molar-refractivity contribution in [3.05, 3.63) is 44.3 Å². The summed E-state index contributed by atoms with van der Waals surface area (Å²) in [4.78, 5) is 15.9. The Balaban J connectivity index is 1.88. The van der Waals surface area contributed by atoms with Gasteiger partial charge in [-0.05, 0) is 25.1 Å². The number of hydrogen-bond donors (Lipinski definition) is 2. The Morgan fingerprint density at radius 3 is 2.79 bits per heavy atom. The molecule has 0 aliphatic carbocycles. The molecular weight excluding hydrogens is 305 g/mol. The first kappa shape index (κ1) is 14.1. The molecule has 2 rings (SSSR count). The number of benzene rings is 1. The molecule has 7 heteroatoms. The number of rotatable bonds is 3. The Hall–Kier alpha value is -1.30. The van der Waals surface area contributed by atoms with Crippen molar-refractivity contribution in [3.63, 3.8) is 0 Å². The quantitative estimate of drug-likeness (QED) is 0.896. The van der Waals surface area contributed by atoms with E-state index < -0.39 is 0 Å². The number of aromatic nitrogens is 1. The van der Waals surface area contributed by atoms with Gasteiger partial charge in [0.15, 0.2) is 0 Å². The SMILES string of the molecule is Cc1csc(CNC(=O)Nc2ccc(Cl)c(Cl)c2)n1. The average molecular weight is 316 g/mol. The van der Waals surface area contributed by atoms with Gasteiger partial charge in [-0.1, -0.05) is 23.2 Å². The Morgan fingerprint density at radius 2 is 2.16 bits per heavy atom. The third-order valence-electron chi connectivity index (χ3n) is 2.24. The minimum atomic E-state index is -0.314. The molecular formula is C12H11Cl2N3OS. The fourth-order valence-electron chi connectivity index (χ4n) is 1.39. The lowest BCUT2D eigenvalue weighted by Crippen LogP contribution is -2.28. The molecule has 2 amide bonds. The number of amides is 2. The lowest BCUT2D eigenvalue weighted by Gasteiger charge is -2.07. The molecule has 0 spiro atoms. The maximum absolute atomic E-state index is 11.7. The van der Waals surface area contributed by atoms with Crippen molar-refractivity contribution in [1.29, 1.82) is 0 Å². The minimum absolute atomic E-state index is 0.314. The number of thiazole rings is 1. The van der Waals surface area contributed by atoms with Crippen molar-refractivity contribution in [2.75, 3.05) is 5.32 Å². The topological polar surface area (TPSA) is 54.0 Å². The first-order valence-corrected chi connectivity index (χ1v) is 7.09. The summed E-state index contributed by atoms with van der Waals surface area (Å²) in [6, 6.07) is 4.59. The molecule has 4 nitrogen and oxygen atoms in total. The van der Waals surface area contributed by atoms with Gasteiger partial charge in [-0.2, -0.15) is 0 Å². The zero-order chi connectivity index (χ0) is 13.8. The normalized spacial score (nSPS) is 10.3. The molecule has 0 aliphatic rings. The summed E-state index contributed by atoms with van der Waals surface area (Å²) in [6.45, 7) is 2.31. The molecule has 100 valence electrons. The molecule has 1 aromatic carbocycles. The second kappa shape index (κ2) is 6.23. The van der Waals surface area contributed by atoms with Crippen molar-refractivity contribution < 1.29 is 4.79 Å². The Kier molecular flexibility index (Phi) is 4.63. The minimum Gasteiger partial charge on any atom is -0.331 e. The number of aryl methyl sites for hydroxylation is 1. The molecule has 0 atom stereocenters. The van der Waals surface area contributed by atoms with Gasteiger partial charge >= 0.3 is 6.03 Å². The number of urea groups is 1. The zero-order valence-corrected chi connectivity index (χ0v) is 12.4. The Bertz CT molecular complexity index is 600. The van der Waals surface area contributed by atoms with E-state index in [2.05, 4.69) is 15.6 Å². The number of carbonyl (C=O) groups excluding carboxylic acids is 1. The molecule has 0 radical (unpaired) electrons. The van der Waals surface area contributed by atoms with Crippen molar-refractivity contribution in [3.8, 4) is 0 Å². The predicted octanol–water partition coefficient (Wildman–Crippen LogP) is 4.08. The molecule has 0 bridgehead atoms. The third kappa shape index (κ3) is 4.09. The van der Waals surface area contributed by atoms with E-state index in [9.17, 15) is 4.79 Å². The van der Waals surface area contributed by atoms with E-state index >= 15 is 0 Å². The van der Waals surface area contributed by atoms with Crippen LogP contribution in [0.5, 0.6) is 0 Å². The van der Waals surface area contributed by atoms with E-state index in [1.54, 1.807) is 18.2 Å². The molecule has 0 unspecified atom stereocenters. The molecule has 0 fully saturated rings. The predicted molar refractivity (Wildman–Crippen MR) is 79.2 cm³/mol. The van der Waals surface area contributed by atoms with Crippen LogP contribution >= 0.6 is 34.5 Å². The van der Waals surface area contributed by atoms with Crippen LogP contribution in [-0.2, 0) is 6.54 Å². The molecule has 2 N–H and O–H groups in total. The monoisotopic (exact) mass is 315 g/mol. The first-order valence-electron chi connectivity index (χ1n) is 5.45. The number of anilines is 1. The van der Waals surface area contributed by atoms with Crippen LogP contribution in [0.3, 0.4) is 0 Å². The maximum atomic E-state index is 11.7. The van der Waals surface area contributed by atoms with Gasteiger partial charge in [0, 0.05) is 16.8 Å². The van der Waals surface area contributed by atoms with Crippen molar-refractivity contribution >= 4 is 46.3 Å². The van der Waals surface area contributed by atoms with Crippen LogP contribution < -0.4 is 10.6 Å². The van der Waals surface area contributed by atoms with E-state index in [4.69, 9.17) is 23.2 Å². The van der Waals surface area contributed by atoms with Crippen molar-refractivity contribution in [1.82, 2.24) is 10.3 Å². The van der Waals surface area contributed by atoms with Gasteiger partial charge in [0.05, 0.1) is 16.6 Å². The lowest BCUT2D eigenvalue weighted by molar-refractivity contribution is 0.251. The zero-order valence-electron chi connectivity index (χ0n) is 10.0. The number of carbonyl (C=O) groups is 1. The number of halogens is 2. The Morgan fingerprint density at radius 1 is 1.37 bits per heavy atom. The van der Waals surface area contributed by atoms with Gasteiger partial charge in [-0.3, -0.25) is 0 Å². The average Bonchev–Trinajstić information content (AvgIpc) is 2.77. The van der Waals surface area contributed by atoms with Gasteiger partial charge in [0.25, 0.3) is 0 Å². The third-order valence-corrected chi connectivity index (χ3v) is 3.95. The highest BCUT2D eigenvalue weighted by Crippen LogP contribution is 2.24. The van der Waals surface area contributed by atoms with Gasteiger partial charge in [0.2, 0.25) is 0 Å². The smallest absolute Gasteiger partial charge is 0.319 e. The summed E-state index contributed by atoms with van der Waals surface area (Å²) >= 11 is 13.2. The summed E-state index contributed by atoms with van der Waals surface area (Å²) in [7, 11) is 0. The van der Waals surface area contributed by atoms with Crippen LogP contribution in [-0.4, -0.2) is 11.0 Å². The molecule has 1 heterocycles. The maximum Gasteiger partial charge on any atom is 0.319 e. The molecule has 0 saturated heterocycles. The van der Waals surface area contributed by atoms with Gasteiger partial charge < -0.3 is 10.6 Å². The fourth-order valence-corrected chi connectivity index (χ4v) is 2.40. The summed E-state index contributed by atoms with van der Waals surface area (Å²) in [5.74, 6) is 0. The van der Waals surface area contributed by atoms with Crippen LogP contribution in [0, 0.1) is 6.92 Å². The van der Waals surface area contributed by atoms with Crippen LogP contribution in [0.15, 0.2) is 23.6 Å². The van der Waals surface area contributed by atoms with E-state index in [1.165, 1.54) is 11.3 Å². The van der Waals surface area contributed by atoms with Gasteiger partial charge in [-0.15, -0.1) is 11.3 Å². The standard InChI is InChI=1S/C12H11Cl2N3OS/c1-7-6-19-11(16-7)5-15-12(18)17-8-2-3-9(13)10(14)4-8/h2-4,6H,5H2,1H3,(H2,15,17,18). The summed E-state index contributed by atoms with van der Waals surface area (Å²) in [5, 5.41) is 9.04. The van der Waals surface area contributed by atoms with E-state index in [0.717, 1.165) is 10.7 Å². The summed E-state index contributed by atoms with van der Waals surface area (Å²) in [5.41, 5.74) is 1.54. The number of nitrogens with one attached hydrogen (secondary N) is 2. The summed E-state index contributed by atoms with van der Waals surface area (Å²) in [6.07, 6.45) is 0. The second-order valence-corrected chi connectivity index (χ2v) is 5.58. The highest BCUT2D eigenvalue weighted by atomic mass is 35.5. The van der Waals surface area contributed by atoms with E-state index in [0.29, 0.717) is 22.3 Å². The van der Waals surface area contributed by atoms with Gasteiger partial charge in [0.1, 0.15) is 5.01 Å². The van der Waals surface area contributed by atoms with Crippen LogP contribution in [0.1, 0.15) is 10.7 Å². The molecule has 0 saturated carbocycles. The largest absolute Gasteiger partial charge is 0.331 e. The van der Waals surface area contributed by atoms with Crippen LogP contribution in [0.2, 0.25) is 10.0 Å². The number of hydrogen-bond acceptors (Lipinski definition) is 3. The summed E-state index contributed by atoms with van der Waals surface area (Å²) < 4.78 is 0. The van der Waals surface area contributed by atoms with E-state index in [1.807, 2.05) is 12.3 Å². The molecule has 0 aliphatic heterocycles. The molecule has 1 aromatic heterocycles. The highest BCUT2D eigenvalue weighted by molar-refractivity contribution is 7.09. The highest BCUT2D eigenvalue weighted by Gasteiger charge is 2.05. The number of nitrogens with zero attached hydrogens (tertiary/aromatic N) is 1. The Labute approximate surface area is 124 Å². The van der Waals surface area contributed by atoms with E-state index in [-0.39, 0.29) is 6.03 Å². The lowest BCUT2D eigenvalue weighted by atomic mass is 10.3. The van der Waals surface area contributed by atoms with Crippen LogP contribution in [0.25, 0.3) is 0 Å². The van der Waals surface area contributed by atoms with Gasteiger partial charge in [-0.25, -0.2) is 9.78 Å². The first-order chi connectivity index (χ1) is 9.04. The fraction of sp³-hybridized carbons (Fsp3) is 0.167. The molecule has 2 aromatic rings. The van der Waals surface area contributed by atoms with Crippen molar-refractivity contribution in [2.24, 2.45) is 0 Å².